The molecule has 1 atom stereocenters. The van der Waals surface area contributed by atoms with E-state index >= 15 is 0 Å². The number of aromatic nitrogens is 1. The standard InChI is InChI=1S/C19H24N4O2/c1-14(24)23-9-8-22(12-17(13-23)19(25)20-2)11-15-5-6-18-16(10-15)4-3-7-21-18/h3-7,10,17H,8-9,11-13H2,1-2H3,(H,20,25)/t17-/m1/s1. The summed E-state index contributed by atoms with van der Waals surface area (Å²) in [6.45, 7) is 4.86. The molecule has 1 saturated heterocycles. The van der Waals surface area contributed by atoms with Crippen LogP contribution in [0.25, 0.3) is 10.9 Å². The maximum atomic E-state index is 12.2. The lowest BCUT2D eigenvalue weighted by molar-refractivity contribution is -0.130. The summed E-state index contributed by atoms with van der Waals surface area (Å²) in [5.74, 6) is -0.202. The molecule has 0 saturated carbocycles. The third kappa shape index (κ3) is 4.14. The summed E-state index contributed by atoms with van der Waals surface area (Å²) in [6, 6.07) is 10.2. The molecule has 0 unspecified atom stereocenters. The first-order valence-electron chi connectivity index (χ1n) is 8.60. The Bertz CT molecular complexity index is 777. The van der Waals surface area contributed by atoms with Crippen molar-refractivity contribution >= 4 is 22.7 Å². The second-order valence-electron chi connectivity index (χ2n) is 6.54. The minimum absolute atomic E-state index is 0.0131. The van der Waals surface area contributed by atoms with Crippen molar-refractivity contribution in [2.24, 2.45) is 5.92 Å². The first-order valence-corrected chi connectivity index (χ1v) is 8.60. The molecule has 1 fully saturated rings. The van der Waals surface area contributed by atoms with E-state index in [-0.39, 0.29) is 17.7 Å². The lowest BCUT2D eigenvalue weighted by Gasteiger charge is -2.23. The monoisotopic (exact) mass is 340 g/mol. The van der Waals surface area contributed by atoms with Crippen molar-refractivity contribution < 1.29 is 9.59 Å². The summed E-state index contributed by atoms with van der Waals surface area (Å²) >= 11 is 0. The average Bonchev–Trinajstić information content (AvgIpc) is 2.84. The summed E-state index contributed by atoms with van der Waals surface area (Å²) in [7, 11) is 1.64. The van der Waals surface area contributed by atoms with Crippen molar-refractivity contribution in [2.75, 3.05) is 33.2 Å². The van der Waals surface area contributed by atoms with E-state index in [0.29, 0.717) is 19.6 Å². The van der Waals surface area contributed by atoms with Gasteiger partial charge in [-0.25, -0.2) is 0 Å². The quantitative estimate of drug-likeness (QED) is 0.914. The van der Waals surface area contributed by atoms with Crippen LogP contribution in [0, 0.1) is 5.92 Å². The number of nitrogens with one attached hydrogen (secondary N) is 1. The number of nitrogens with zero attached hydrogens (tertiary/aromatic N) is 3. The molecule has 1 aliphatic heterocycles. The van der Waals surface area contributed by atoms with E-state index in [1.54, 1.807) is 25.1 Å². The predicted octanol–water partition coefficient (Wildman–Crippen LogP) is 1.26. The van der Waals surface area contributed by atoms with Crippen molar-refractivity contribution in [3.63, 3.8) is 0 Å². The maximum absolute atomic E-state index is 12.2. The summed E-state index contributed by atoms with van der Waals surface area (Å²) < 4.78 is 0. The van der Waals surface area contributed by atoms with Gasteiger partial charge >= 0.3 is 0 Å². The molecule has 0 aliphatic carbocycles. The molecule has 3 rings (SSSR count). The molecule has 1 aromatic heterocycles. The van der Waals surface area contributed by atoms with Crippen LogP contribution in [0.5, 0.6) is 0 Å². The molecule has 1 aliphatic rings. The first-order chi connectivity index (χ1) is 12.1. The van der Waals surface area contributed by atoms with E-state index in [0.717, 1.165) is 24.0 Å². The summed E-state index contributed by atoms with van der Waals surface area (Å²) in [6.07, 6.45) is 1.79. The summed E-state index contributed by atoms with van der Waals surface area (Å²) in [5, 5.41) is 3.83. The number of carbonyl (C=O) groups excluding carboxylic acids is 2. The van der Waals surface area contributed by atoms with Gasteiger partial charge in [0.05, 0.1) is 11.4 Å². The van der Waals surface area contributed by atoms with E-state index in [1.807, 2.05) is 12.1 Å². The van der Waals surface area contributed by atoms with Gasteiger partial charge in [0, 0.05) is 58.3 Å². The molecule has 2 amide bonds. The molecule has 1 aromatic carbocycles. The van der Waals surface area contributed by atoms with Gasteiger partial charge in [-0.05, 0) is 23.8 Å². The van der Waals surface area contributed by atoms with Gasteiger partial charge < -0.3 is 10.2 Å². The predicted molar refractivity (Wildman–Crippen MR) is 96.8 cm³/mol. The van der Waals surface area contributed by atoms with Crippen LogP contribution >= 0.6 is 0 Å². The molecule has 2 heterocycles. The van der Waals surface area contributed by atoms with E-state index in [4.69, 9.17) is 0 Å². The van der Waals surface area contributed by atoms with Crippen LogP contribution in [0.3, 0.4) is 0 Å². The Kier molecular flexibility index (Phi) is 5.28. The van der Waals surface area contributed by atoms with Crippen LogP contribution < -0.4 is 5.32 Å². The zero-order valence-corrected chi connectivity index (χ0v) is 14.7. The van der Waals surface area contributed by atoms with Crippen molar-refractivity contribution in [2.45, 2.75) is 13.5 Å². The van der Waals surface area contributed by atoms with Gasteiger partial charge in [0.15, 0.2) is 0 Å². The number of hydrogen-bond acceptors (Lipinski definition) is 4. The largest absolute Gasteiger partial charge is 0.359 e. The highest BCUT2D eigenvalue weighted by Gasteiger charge is 2.28. The third-order valence-electron chi connectivity index (χ3n) is 4.74. The zero-order valence-electron chi connectivity index (χ0n) is 14.7. The number of amides is 2. The van der Waals surface area contributed by atoms with E-state index in [2.05, 4.69) is 33.4 Å². The van der Waals surface area contributed by atoms with Gasteiger partial charge in [-0.15, -0.1) is 0 Å². The molecule has 132 valence electrons. The van der Waals surface area contributed by atoms with Crippen LogP contribution in [0.15, 0.2) is 36.5 Å². The average molecular weight is 340 g/mol. The van der Waals surface area contributed by atoms with E-state index < -0.39 is 0 Å². The summed E-state index contributed by atoms with van der Waals surface area (Å²) in [4.78, 5) is 32.3. The van der Waals surface area contributed by atoms with Gasteiger partial charge in [0.1, 0.15) is 0 Å². The molecule has 6 nitrogen and oxygen atoms in total. The SMILES string of the molecule is CNC(=O)[C@@H]1CN(Cc2ccc3ncccc3c2)CCN(C(C)=O)C1. The molecule has 25 heavy (non-hydrogen) atoms. The molecular weight excluding hydrogens is 316 g/mol. The van der Waals surface area contributed by atoms with Crippen molar-refractivity contribution in [3.8, 4) is 0 Å². The van der Waals surface area contributed by atoms with E-state index in [9.17, 15) is 9.59 Å². The number of carbonyl (C=O) groups is 2. The molecule has 1 N–H and O–H groups in total. The highest BCUT2D eigenvalue weighted by Crippen LogP contribution is 2.17. The van der Waals surface area contributed by atoms with Crippen molar-refractivity contribution in [3.05, 3.63) is 42.1 Å². The van der Waals surface area contributed by atoms with Crippen LogP contribution in [0.1, 0.15) is 12.5 Å². The first kappa shape index (κ1) is 17.4. The summed E-state index contributed by atoms with van der Waals surface area (Å²) in [5.41, 5.74) is 2.17. The van der Waals surface area contributed by atoms with Crippen molar-refractivity contribution in [1.82, 2.24) is 20.1 Å². The Balaban J connectivity index is 1.77. The molecule has 6 heteroatoms. The number of hydrogen-bond donors (Lipinski definition) is 1. The van der Waals surface area contributed by atoms with E-state index in [1.165, 1.54) is 5.56 Å². The zero-order chi connectivity index (χ0) is 17.8. The maximum Gasteiger partial charge on any atom is 0.225 e. The number of benzene rings is 1. The van der Waals surface area contributed by atoms with Crippen molar-refractivity contribution in [1.29, 1.82) is 0 Å². The van der Waals surface area contributed by atoms with Gasteiger partial charge in [0.2, 0.25) is 11.8 Å². The number of pyridine rings is 1. The highest BCUT2D eigenvalue weighted by atomic mass is 16.2. The Hall–Kier alpha value is -2.47. The second-order valence-corrected chi connectivity index (χ2v) is 6.54. The molecule has 0 radical (unpaired) electrons. The smallest absolute Gasteiger partial charge is 0.225 e. The van der Waals surface area contributed by atoms with Gasteiger partial charge in [0.25, 0.3) is 0 Å². The molecule has 2 aromatic rings. The Morgan fingerprint density at radius 2 is 2.08 bits per heavy atom. The van der Waals surface area contributed by atoms with Gasteiger partial charge in [-0.1, -0.05) is 12.1 Å². The van der Waals surface area contributed by atoms with Crippen LogP contribution in [-0.4, -0.2) is 59.8 Å². The Morgan fingerprint density at radius 3 is 2.84 bits per heavy atom. The lowest BCUT2D eigenvalue weighted by atomic mass is 10.1. The topological polar surface area (TPSA) is 65.5 Å². The molecule has 0 bridgehead atoms. The van der Waals surface area contributed by atoms with Gasteiger partial charge in [-0.3, -0.25) is 19.5 Å². The molecule has 0 spiro atoms. The van der Waals surface area contributed by atoms with Crippen LogP contribution in [-0.2, 0) is 16.1 Å². The fourth-order valence-electron chi connectivity index (χ4n) is 3.36. The minimum Gasteiger partial charge on any atom is -0.359 e. The van der Waals surface area contributed by atoms with Gasteiger partial charge in [-0.2, -0.15) is 0 Å². The lowest BCUT2D eigenvalue weighted by Crippen LogP contribution is -2.40. The van der Waals surface area contributed by atoms with Crippen LogP contribution in [0.2, 0.25) is 0 Å². The molecular formula is C19H24N4O2. The third-order valence-corrected chi connectivity index (χ3v) is 4.74. The van der Waals surface area contributed by atoms with Crippen LogP contribution in [0.4, 0.5) is 0 Å². The Morgan fingerprint density at radius 1 is 1.24 bits per heavy atom. The Labute approximate surface area is 147 Å². The fourth-order valence-corrected chi connectivity index (χ4v) is 3.36. The normalized spacial score (nSPS) is 18.8. The highest BCUT2D eigenvalue weighted by molar-refractivity contribution is 5.80. The second kappa shape index (κ2) is 7.61. The fraction of sp³-hybridized carbons (Fsp3) is 0.421. The number of rotatable bonds is 3. The number of fused-ring (bicyclic) bond motifs is 1. The minimum atomic E-state index is -0.210.